The van der Waals surface area contributed by atoms with Gasteiger partial charge >= 0.3 is 7.82 Å². The molecule has 0 radical (unpaired) electrons. The molecule has 0 amide bonds. The van der Waals surface area contributed by atoms with E-state index < -0.39 is 7.82 Å². The normalized spacial score (nSPS) is 14.3. The van der Waals surface area contributed by atoms with Gasteiger partial charge in [0, 0.05) is 10.2 Å². The summed E-state index contributed by atoms with van der Waals surface area (Å²) in [5, 5.41) is 0.648. The van der Waals surface area contributed by atoms with Gasteiger partial charge in [-0.05, 0) is 0 Å². The maximum absolute atomic E-state index is 11.6. The Morgan fingerprint density at radius 1 is 1.21 bits per heavy atom. The van der Waals surface area contributed by atoms with E-state index in [1.807, 2.05) is 0 Å². The van der Waals surface area contributed by atoms with Crippen molar-refractivity contribution in [1.82, 2.24) is 0 Å². The van der Waals surface area contributed by atoms with Crippen LogP contribution in [0.1, 0.15) is 0 Å². The summed E-state index contributed by atoms with van der Waals surface area (Å²) in [7, 11) is -3.60. The number of phosphoric ester groups is 1. The van der Waals surface area contributed by atoms with Crippen LogP contribution in [0.5, 0.6) is 0 Å². The first-order valence-corrected chi connectivity index (χ1v) is 8.00. The van der Waals surface area contributed by atoms with Crippen LogP contribution in [0.3, 0.4) is 0 Å². The van der Waals surface area contributed by atoms with Gasteiger partial charge in [0.15, 0.2) is 0 Å². The second-order valence-corrected chi connectivity index (χ2v) is 6.02. The van der Waals surface area contributed by atoms with Crippen LogP contribution in [0.2, 0.25) is 0 Å². The summed E-state index contributed by atoms with van der Waals surface area (Å²) in [5.74, 6) is 0. The molecule has 0 spiro atoms. The molecule has 1 unspecified atom stereocenters. The first kappa shape index (κ1) is 15.7. The molecule has 0 bridgehead atoms. The van der Waals surface area contributed by atoms with E-state index in [1.165, 1.54) is 0 Å². The quantitative estimate of drug-likeness (QED) is 0.465. The molecule has 14 heavy (non-hydrogen) atoms. The average molecular weight is 395 g/mol. The van der Waals surface area contributed by atoms with Crippen molar-refractivity contribution in [2.75, 3.05) is 24.1 Å². The smallest absolute Gasteiger partial charge is 0.286 e. The number of alkyl halides is 4. The highest BCUT2D eigenvalue weighted by Gasteiger charge is 2.26. The van der Waals surface area contributed by atoms with Crippen LogP contribution in [0.4, 0.5) is 0 Å². The fourth-order valence-corrected chi connectivity index (χ4v) is 2.51. The molecule has 0 aliphatic heterocycles. The third-order valence-corrected chi connectivity index (χ3v) is 5.11. The summed E-state index contributed by atoms with van der Waals surface area (Å²) < 4.78 is 25.7. The average Bonchev–Trinajstić information content (AvgIpc) is 2.15. The van der Waals surface area contributed by atoms with Crippen LogP contribution in [0, 0.1) is 0 Å². The highest BCUT2D eigenvalue weighted by Crippen LogP contribution is 2.50. The van der Waals surface area contributed by atoms with Gasteiger partial charge in [-0.15, -0.1) is 0 Å². The van der Waals surface area contributed by atoms with Crippen molar-refractivity contribution >= 4 is 62.9 Å². The summed E-state index contributed by atoms with van der Waals surface area (Å²) >= 11 is 17.0. The molecule has 0 aromatic rings. The van der Waals surface area contributed by atoms with Gasteiger partial charge < -0.3 is 0 Å². The lowest BCUT2D eigenvalue weighted by molar-refractivity contribution is 0.143. The predicted octanol–water partition coefficient (Wildman–Crippen LogP) is 3.70. The van der Waals surface area contributed by atoms with E-state index in [1.54, 1.807) is 0 Å². The van der Waals surface area contributed by atoms with E-state index in [0.717, 1.165) is 0 Å². The number of hydrogen-bond donors (Lipinski definition) is 0. The third kappa shape index (κ3) is 7.01. The van der Waals surface area contributed by atoms with Crippen LogP contribution in [-0.2, 0) is 18.1 Å². The van der Waals surface area contributed by atoms with Crippen molar-refractivity contribution in [3.63, 3.8) is 0 Å². The van der Waals surface area contributed by atoms with Gasteiger partial charge in [0.05, 0.1) is 6.61 Å². The molecule has 0 N–H and O–H groups in total. The summed E-state index contributed by atoms with van der Waals surface area (Å²) in [6.45, 7) is 0.163. The standard InChI is InChI=1S/C5H9Br2Cl2O4P/c6-1-5(7)2-11-14(10,12-3-8)13-4-9/h5H,1-4H2. The number of rotatable bonds is 8. The number of phosphoric acid groups is 1. The van der Waals surface area contributed by atoms with Crippen molar-refractivity contribution in [3.8, 4) is 0 Å². The molecule has 0 rings (SSSR count). The SMILES string of the molecule is O=P(OCCl)(OCCl)OCC(Br)CBr. The molecule has 9 heteroatoms. The molecular weight excluding hydrogens is 386 g/mol. The first-order valence-electron chi connectivity index (χ1n) is 3.43. The topological polar surface area (TPSA) is 44.8 Å². The van der Waals surface area contributed by atoms with Crippen LogP contribution in [0.15, 0.2) is 0 Å². The molecule has 0 aromatic heterocycles. The van der Waals surface area contributed by atoms with E-state index in [2.05, 4.69) is 40.9 Å². The van der Waals surface area contributed by atoms with Gasteiger partial charge in [0.1, 0.15) is 12.1 Å². The maximum Gasteiger partial charge on any atom is 0.477 e. The van der Waals surface area contributed by atoms with E-state index >= 15 is 0 Å². The molecular formula is C5H9Br2Cl2O4P. The number of halogens is 4. The molecule has 86 valence electrons. The highest BCUT2D eigenvalue weighted by molar-refractivity contribution is 9.12. The van der Waals surface area contributed by atoms with Crippen LogP contribution < -0.4 is 0 Å². The third-order valence-electron chi connectivity index (χ3n) is 0.995. The lowest BCUT2D eigenvalue weighted by Gasteiger charge is -2.16. The molecule has 0 aliphatic rings. The fourth-order valence-electron chi connectivity index (χ4n) is 0.448. The Morgan fingerprint density at radius 3 is 2.07 bits per heavy atom. The van der Waals surface area contributed by atoms with Gasteiger partial charge in [-0.2, -0.15) is 0 Å². The molecule has 0 saturated carbocycles. The lowest BCUT2D eigenvalue weighted by Crippen LogP contribution is -2.10. The Balaban J connectivity index is 4.02. The monoisotopic (exact) mass is 392 g/mol. The van der Waals surface area contributed by atoms with Crippen LogP contribution in [-0.4, -0.2) is 28.9 Å². The molecule has 0 saturated heterocycles. The van der Waals surface area contributed by atoms with Crippen molar-refractivity contribution < 1.29 is 18.1 Å². The van der Waals surface area contributed by atoms with Gasteiger partial charge in [0.2, 0.25) is 0 Å². The van der Waals surface area contributed by atoms with Gasteiger partial charge in [-0.1, -0.05) is 55.1 Å². The predicted molar refractivity (Wildman–Crippen MR) is 63.7 cm³/mol. The van der Waals surface area contributed by atoms with Gasteiger partial charge in [0.25, 0.3) is 0 Å². The minimum atomic E-state index is -3.60. The van der Waals surface area contributed by atoms with Gasteiger partial charge in [-0.3, -0.25) is 13.6 Å². The zero-order valence-corrected chi connectivity index (χ0v) is 12.6. The van der Waals surface area contributed by atoms with Crippen molar-refractivity contribution in [2.24, 2.45) is 0 Å². The van der Waals surface area contributed by atoms with Crippen molar-refractivity contribution in [2.45, 2.75) is 4.83 Å². The second-order valence-electron chi connectivity index (χ2n) is 1.97. The highest BCUT2D eigenvalue weighted by atomic mass is 79.9. The fraction of sp³-hybridized carbons (Fsp3) is 1.00. The maximum atomic E-state index is 11.6. The number of hydrogen-bond acceptors (Lipinski definition) is 4. The largest absolute Gasteiger partial charge is 0.477 e. The Labute approximate surface area is 109 Å². The zero-order chi connectivity index (χ0) is 11.0. The summed E-state index contributed by atoms with van der Waals surface area (Å²) in [4.78, 5) is 0.00803. The van der Waals surface area contributed by atoms with Gasteiger partial charge in [-0.25, -0.2) is 4.57 Å². The Hall–Kier alpha value is 1.65. The van der Waals surface area contributed by atoms with Crippen LogP contribution >= 0.6 is 62.9 Å². The Bertz CT molecular complexity index is 187. The Kier molecular flexibility index (Phi) is 9.79. The van der Waals surface area contributed by atoms with Crippen LogP contribution in [0.25, 0.3) is 0 Å². The molecule has 4 nitrogen and oxygen atoms in total. The minimum Gasteiger partial charge on any atom is -0.286 e. The summed E-state index contributed by atoms with van der Waals surface area (Å²) in [6, 6.07) is -0.565. The first-order chi connectivity index (χ1) is 6.58. The zero-order valence-electron chi connectivity index (χ0n) is 7.00. The van der Waals surface area contributed by atoms with E-state index in [-0.39, 0.29) is 23.6 Å². The lowest BCUT2D eigenvalue weighted by atomic mass is 10.5. The molecule has 0 fully saturated rings. The Morgan fingerprint density at radius 2 is 1.71 bits per heavy atom. The molecule has 0 aromatic carbocycles. The van der Waals surface area contributed by atoms with E-state index in [9.17, 15) is 4.57 Å². The molecule has 1 atom stereocenters. The summed E-state index contributed by atoms with van der Waals surface area (Å²) in [5.41, 5.74) is 0. The minimum absolute atomic E-state index is 0.00803. The second kappa shape index (κ2) is 8.76. The van der Waals surface area contributed by atoms with E-state index in [0.29, 0.717) is 5.33 Å². The van der Waals surface area contributed by atoms with Crippen molar-refractivity contribution in [3.05, 3.63) is 0 Å². The molecule has 0 heterocycles. The molecule has 0 aliphatic carbocycles. The summed E-state index contributed by atoms with van der Waals surface area (Å²) in [6.07, 6.45) is 0. The van der Waals surface area contributed by atoms with E-state index in [4.69, 9.17) is 27.7 Å². The van der Waals surface area contributed by atoms with Crippen molar-refractivity contribution in [1.29, 1.82) is 0 Å².